The maximum atomic E-state index is 5.16. The molecule has 0 rings (SSSR count). The molecule has 0 aliphatic carbocycles. The summed E-state index contributed by atoms with van der Waals surface area (Å²) in [4.78, 5) is 0. The molecule has 1 atom stereocenters. The summed E-state index contributed by atoms with van der Waals surface area (Å²) in [5, 5.41) is 0. The highest BCUT2D eigenvalue weighted by Crippen LogP contribution is 1.98. The Morgan fingerprint density at radius 3 is 2.31 bits per heavy atom. The van der Waals surface area contributed by atoms with E-state index in [1.807, 2.05) is 21.2 Å². The molecular weight excluding hydrogens is 278 g/mol. The van der Waals surface area contributed by atoms with Crippen LogP contribution in [-0.2, 0) is 0 Å². The first-order valence-corrected chi connectivity index (χ1v) is 6.60. The highest BCUT2D eigenvalue weighted by molar-refractivity contribution is 14.1. The standard InChI is InChI=1S/CH3B10IP/c2-4-6-8-10-13-11-9-7-5-3-1-12/h13H,1H2. The quantitative estimate of drug-likeness (QED) is 0.139. The van der Waals surface area contributed by atoms with Gasteiger partial charge in [0.1, 0.15) is 0 Å². The highest BCUT2D eigenvalue weighted by Gasteiger charge is 1.96. The van der Waals surface area contributed by atoms with E-state index < -0.39 is 0 Å². The van der Waals surface area contributed by atoms with Gasteiger partial charge in [0, 0.05) is 50.1 Å². The number of hydrogen-bond donors (Lipinski definition) is 0. The second-order valence-electron chi connectivity index (χ2n) is 2.04. The van der Waals surface area contributed by atoms with Gasteiger partial charge in [-0.3, -0.25) is 0 Å². The maximum absolute atomic E-state index is 5.16. The lowest BCUT2D eigenvalue weighted by atomic mass is 9.04. The Morgan fingerprint density at radius 2 is 1.69 bits per heavy atom. The fourth-order valence-corrected chi connectivity index (χ4v) is 1.39. The molecule has 0 amide bonds. The third-order valence-electron chi connectivity index (χ3n) is 1.05. The summed E-state index contributed by atoms with van der Waals surface area (Å²) in [5.74, 6) is 0. The van der Waals surface area contributed by atoms with Crippen molar-refractivity contribution in [3.05, 3.63) is 0 Å². The first kappa shape index (κ1) is 14.8. The first-order valence-electron chi connectivity index (χ1n) is 3.92. The molecule has 0 aromatic heterocycles. The molecule has 0 fully saturated rings. The molecule has 0 nitrogen and oxygen atoms in total. The van der Waals surface area contributed by atoms with Gasteiger partial charge >= 0.3 is 0 Å². The average molecular weight is 281 g/mol. The van der Waals surface area contributed by atoms with Crippen LogP contribution in [0.2, 0.25) is 0 Å². The Balaban J connectivity index is 2.76. The Labute approximate surface area is 106 Å². The van der Waals surface area contributed by atoms with Crippen LogP contribution in [-0.4, -0.2) is 75.4 Å². The lowest BCUT2D eigenvalue weighted by Crippen LogP contribution is -2.23. The summed E-state index contributed by atoms with van der Waals surface area (Å²) < 4.78 is 1.06. The fourth-order valence-electron chi connectivity index (χ4n) is 0.536. The molecule has 1 unspecified atom stereocenters. The van der Waals surface area contributed by atoms with Gasteiger partial charge < -0.3 is 0 Å². The van der Waals surface area contributed by atoms with Crippen LogP contribution in [0.4, 0.5) is 0 Å². The fraction of sp³-hybridized carbons (Fsp3) is 1.00. The molecule has 0 aromatic carbocycles. The normalized spacial score (nSPS) is 8.69. The zero-order valence-corrected chi connectivity index (χ0v) is 10.5. The van der Waals surface area contributed by atoms with Gasteiger partial charge in [-0.15, -0.1) is 0 Å². The Morgan fingerprint density at radius 1 is 1.00 bits per heavy atom. The summed E-state index contributed by atoms with van der Waals surface area (Å²) in [6.07, 6.45) is 0. The van der Waals surface area contributed by atoms with Gasteiger partial charge in [-0.05, 0) is 4.33 Å². The second-order valence-corrected chi connectivity index (χ2v) is 3.93. The minimum atomic E-state index is 0.719. The van der Waals surface area contributed by atoms with Crippen molar-refractivity contribution in [1.29, 1.82) is 0 Å². The average Bonchev–Trinajstić information content (AvgIpc) is 2.16. The molecule has 0 spiro atoms. The number of alkyl halides is 1. The van der Waals surface area contributed by atoms with Crippen LogP contribution >= 0.6 is 30.9 Å². The molecule has 12 heteroatoms. The van der Waals surface area contributed by atoms with Crippen LogP contribution in [0.25, 0.3) is 0 Å². The van der Waals surface area contributed by atoms with Crippen molar-refractivity contribution >= 4 is 102 Å². The topological polar surface area (TPSA) is 0 Å². The van der Waals surface area contributed by atoms with Crippen molar-refractivity contribution in [3.8, 4) is 0 Å². The van der Waals surface area contributed by atoms with E-state index in [1.54, 1.807) is 0 Å². The predicted molar refractivity (Wildman–Crippen MR) is 84.7 cm³/mol. The van der Waals surface area contributed by atoms with Crippen molar-refractivity contribution in [2.24, 2.45) is 0 Å². The van der Waals surface area contributed by atoms with E-state index in [1.165, 1.54) is 7.06 Å². The molecule has 0 aliphatic heterocycles. The lowest BCUT2D eigenvalue weighted by molar-refractivity contribution is 2.34. The number of halogens is 1. The van der Waals surface area contributed by atoms with Crippen LogP contribution in [0.1, 0.15) is 0 Å². The van der Waals surface area contributed by atoms with Gasteiger partial charge in [-0.1, -0.05) is 22.6 Å². The maximum Gasteiger partial charge on any atom is 0.0740 e. The van der Waals surface area contributed by atoms with Crippen molar-refractivity contribution < 1.29 is 0 Å². The van der Waals surface area contributed by atoms with Crippen molar-refractivity contribution in [2.75, 3.05) is 4.33 Å². The minimum absolute atomic E-state index is 0.719. The van der Waals surface area contributed by atoms with Crippen molar-refractivity contribution in [2.45, 2.75) is 0 Å². The van der Waals surface area contributed by atoms with Crippen LogP contribution in [0, 0.1) is 0 Å². The Bertz CT molecular complexity index is 81.0. The SMILES string of the molecule is [B][B][B][B][B]P[B][B][B][B][B]CI. The van der Waals surface area contributed by atoms with Gasteiger partial charge in [-0.25, -0.2) is 8.34 Å². The van der Waals surface area contributed by atoms with E-state index in [0.29, 0.717) is 0 Å². The van der Waals surface area contributed by atoms with Gasteiger partial charge in [-0.2, -0.15) is 0 Å². The highest BCUT2D eigenvalue weighted by atomic mass is 127. The largest absolute Gasteiger partial charge is 0.220 e. The summed E-state index contributed by atoms with van der Waals surface area (Å²) in [7, 11) is 19.4. The van der Waals surface area contributed by atoms with E-state index in [9.17, 15) is 0 Å². The summed E-state index contributed by atoms with van der Waals surface area (Å²) >= 11 is 2.31. The monoisotopic (exact) mass is 283 g/mol. The summed E-state index contributed by atoms with van der Waals surface area (Å²) in [6.45, 7) is 4.20. The van der Waals surface area contributed by atoms with Gasteiger partial charge in [0.05, 0.1) is 20.9 Å². The molecule has 0 aliphatic rings. The van der Waals surface area contributed by atoms with Crippen LogP contribution < -0.4 is 0 Å². The second kappa shape index (κ2) is 13.8. The Hall–Kier alpha value is 1.81. The smallest absolute Gasteiger partial charge is 0.0740 e. The van der Waals surface area contributed by atoms with Gasteiger partial charge in [0.15, 0.2) is 0 Å². The van der Waals surface area contributed by atoms with Crippen LogP contribution in [0.15, 0.2) is 0 Å². The zero-order valence-electron chi connectivity index (χ0n) is 7.36. The molecular formula is CH3B10IP. The van der Waals surface area contributed by atoms with E-state index in [2.05, 4.69) is 57.7 Å². The molecule has 0 bridgehead atoms. The van der Waals surface area contributed by atoms with Crippen molar-refractivity contribution in [3.63, 3.8) is 0 Å². The van der Waals surface area contributed by atoms with Crippen LogP contribution in [0.5, 0.6) is 0 Å². The molecule has 13 heavy (non-hydrogen) atoms. The van der Waals surface area contributed by atoms with Gasteiger partial charge in [0.2, 0.25) is 0 Å². The molecule has 0 aromatic rings. The Kier molecular flexibility index (Phi) is 15.7. The molecule has 0 heterocycles. The summed E-state index contributed by atoms with van der Waals surface area (Å²) in [5.41, 5.74) is 0. The zero-order chi connectivity index (χ0) is 9.78. The van der Waals surface area contributed by atoms with Crippen molar-refractivity contribution in [1.82, 2.24) is 0 Å². The number of rotatable bonds is 10. The first-order chi connectivity index (χ1) is 6.41. The third kappa shape index (κ3) is 13.8. The van der Waals surface area contributed by atoms with Gasteiger partial charge in [0.25, 0.3) is 0 Å². The summed E-state index contributed by atoms with van der Waals surface area (Å²) in [6, 6.07) is 0. The van der Waals surface area contributed by atoms with E-state index in [-0.39, 0.29) is 0 Å². The molecule has 11 radical (unpaired) electrons. The molecule has 0 saturated carbocycles. The molecule has 49 valence electrons. The molecule has 0 saturated heterocycles. The van der Waals surface area contributed by atoms with E-state index in [0.717, 1.165) is 12.7 Å². The number of hydrogen-bond acceptors (Lipinski definition) is 0. The van der Waals surface area contributed by atoms with Crippen LogP contribution in [0.3, 0.4) is 0 Å². The van der Waals surface area contributed by atoms with E-state index in [4.69, 9.17) is 7.74 Å². The third-order valence-corrected chi connectivity index (χ3v) is 2.33. The lowest BCUT2D eigenvalue weighted by Gasteiger charge is -1.96. The predicted octanol–water partition coefficient (Wildman–Crippen LogP) is -2.29. The minimum Gasteiger partial charge on any atom is -0.220 e. The molecule has 0 N–H and O–H groups in total. The van der Waals surface area contributed by atoms with E-state index >= 15 is 0 Å².